The molecule has 3 aromatic rings. The Morgan fingerprint density at radius 1 is 0.690 bits per heavy atom. The van der Waals surface area contributed by atoms with Crippen LogP contribution < -0.4 is 0 Å². The molecule has 1 unspecified atom stereocenters. The number of phenolic OH excluding ortho intramolecular Hbond substituents is 2. The average molecular weight is 494 g/mol. The highest BCUT2D eigenvalue weighted by Gasteiger charge is 2.52. The van der Waals surface area contributed by atoms with Crippen LogP contribution in [0.3, 0.4) is 0 Å². The molecule has 3 aromatic carbocycles. The summed E-state index contributed by atoms with van der Waals surface area (Å²) in [7, 11) is -5.11. The first-order valence-electron chi connectivity index (χ1n) is 7.89. The summed E-state index contributed by atoms with van der Waals surface area (Å²) < 4.78 is 33.8. The van der Waals surface area contributed by atoms with Crippen molar-refractivity contribution in [2.75, 3.05) is 0 Å². The number of rotatable bonds is 4. The van der Waals surface area contributed by atoms with Gasteiger partial charge in [-0.1, -0.05) is 70.7 Å². The molecule has 0 saturated carbocycles. The molecule has 1 atom stereocenters. The van der Waals surface area contributed by atoms with E-state index in [-0.39, 0.29) is 36.8 Å². The molecule has 0 bridgehead atoms. The molecule has 0 aliphatic rings. The molecule has 0 aliphatic heterocycles. The first-order valence-corrected chi connectivity index (χ1v) is 10.8. The molecule has 10 heteroatoms. The van der Waals surface area contributed by atoms with Gasteiger partial charge in [0, 0.05) is 17.2 Å². The van der Waals surface area contributed by atoms with Crippen LogP contribution in [0, 0.1) is 0 Å². The predicted molar refractivity (Wildman–Crippen MR) is 114 cm³/mol. The lowest BCUT2D eigenvalue weighted by Gasteiger charge is -2.33. The predicted octanol–water partition coefficient (Wildman–Crippen LogP) is 5.89. The Morgan fingerprint density at radius 2 is 1.28 bits per heavy atom. The molecule has 5 nitrogen and oxygen atoms in total. The van der Waals surface area contributed by atoms with Crippen molar-refractivity contribution < 1.29 is 23.2 Å². The van der Waals surface area contributed by atoms with Crippen LogP contribution in [-0.4, -0.2) is 23.2 Å². The molecule has 0 fully saturated rings. The van der Waals surface area contributed by atoms with E-state index in [0.29, 0.717) is 0 Å². The van der Waals surface area contributed by atoms with Crippen LogP contribution in [0.4, 0.5) is 0 Å². The molecule has 29 heavy (non-hydrogen) atoms. The van der Waals surface area contributed by atoms with E-state index in [1.165, 1.54) is 42.5 Å². The molecular weight excluding hydrogens is 482 g/mol. The van der Waals surface area contributed by atoms with Crippen LogP contribution in [0.15, 0.2) is 54.6 Å². The molecule has 0 radical (unpaired) electrons. The number of para-hydroxylation sites is 1. The van der Waals surface area contributed by atoms with E-state index in [1.807, 2.05) is 0 Å². The Kier molecular flexibility index (Phi) is 5.98. The number of aromatic hydroxyl groups is 2. The lowest BCUT2D eigenvalue weighted by Crippen LogP contribution is -2.38. The van der Waals surface area contributed by atoms with Gasteiger partial charge in [0.25, 0.3) is 10.1 Å². The zero-order chi connectivity index (χ0) is 21.6. The molecule has 0 heterocycles. The largest absolute Gasteiger partial charge is 0.508 e. The average Bonchev–Trinajstić information content (AvgIpc) is 2.63. The maximum atomic E-state index is 12.9. The highest BCUT2D eigenvalue weighted by Crippen LogP contribution is 2.51. The van der Waals surface area contributed by atoms with Crippen molar-refractivity contribution in [2.24, 2.45) is 0 Å². The minimum absolute atomic E-state index is 0.00726. The molecule has 0 aliphatic carbocycles. The molecule has 0 saturated heterocycles. The molecular formula is C19H12Cl4O5S. The van der Waals surface area contributed by atoms with Gasteiger partial charge in [0.2, 0.25) is 0 Å². The van der Waals surface area contributed by atoms with E-state index in [1.54, 1.807) is 0 Å². The fraction of sp³-hybridized carbons (Fsp3) is 0.0526. The Bertz CT molecular complexity index is 1210. The fourth-order valence-electron chi connectivity index (χ4n) is 3.19. The van der Waals surface area contributed by atoms with E-state index >= 15 is 0 Å². The van der Waals surface area contributed by atoms with Crippen molar-refractivity contribution in [2.45, 2.75) is 4.75 Å². The van der Waals surface area contributed by atoms with Crippen molar-refractivity contribution in [1.29, 1.82) is 0 Å². The normalized spacial score (nSPS) is 13.8. The number of phenols is 2. The highest BCUT2D eigenvalue weighted by molar-refractivity contribution is 7.87. The Morgan fingerprint density at radius 3 is 1.86 bits per heavy atom. The summed E-state index contributed by atoms with van der Waals surface area (Å²) in [4.78, 5) is 0. The summed E-state index contributed by atoms with van der Waals surface area (Å²) in [6.45, 7) is 0. The van der Waals surface area contributed by atoms with Gasteiger partial charge in [-0.3, -0.25) is 4.55 Å². The van der Waals surface area contributed by atoms with E-state index in [9.17, 15) is 23.2 Å². The Labute approximate surface area is 186 Å². The third-order valence-electron chi connectivity index (χ3n) is 4.41. The molecule has 0 amide bonds. The third kappa shape index (κ3) is 3.65. The van der Waals surface area contributed by atoms with Gasteiger partial charge in [-0.05, 0) is 29.8 Å². The van der Waals surface area contributed by atoms with E-state index in [2.05, 4.69) is 0 Å². The van der Waals surface area contributed by atoms with Crippen molar-refractivity contribution in [1.82, 2.24) is 0 Å². The van der Waals surface area contributed by atoms with Gasteiger partial charge in [-0.2, -0.15) is 8.42 Å². The Balaban J connectivity index is 2.61. The number of benzene rings is 3. The van der Waals surface area contributed by atoms with Gasteiger partial charge in [0.05, 0.1) is 20.1 Å². The van der Waals surface area contributed by atoms with Crippen molar-refractivity contribution in [3.63, 3.8) is 0 Å². The van der Waals surface area contributed by atoms with Crippen LogP contribution in [-0.2, 0) is 14.9 Å². The van der Waals surface area contributed by atoms with Gasteiger partial charge in [0.1, 0.15) is 11.5 Å². The quantitative estimate of drug-likeness (QED) is 0.311. The molecule has 0 spiro atoms. The van der Waals surface area contributed by atoms with Crippen LogP contribution in [0.1, 0.15) is 16.7 Å². The van der Waals surface area contributed by atoms with Crippen LogP contribution >= 0.6 is 46.4 Å². The molecule has 0 aromatic heterocycles. The summed E-state index contributed by atoms with van der Waals surface area (Å²) in [5.41, 5.74) is -0.673. The van der Waals surface area contributed by atoms with Crippen LogP contribution in [0.5, 0.6) is 11.5 Å². The van der Waals surface area contributed by atoms with Crippen LogP contribution in [0.2, 0.25) is 20.1 Å². The Hall–Kier alpha value is -1.67. The van der Waals surface area contributed by atoms with Gasteiger partial charge in [-0.15, -0.1) is 0 Å². The maximum absolute atomic E-state index is 12.9. The van der Waals surface area contributed by atoms with E-state index in [4.69, 9.17) is 46.4 Å². The lowest BCUT2D eigenvalue weighted by molar-refractivity contribution is 0.428. The lowest BCUT2D eigenvalue weighted by atomic mass is 9.83. The minimum atomic E-state index is -5.11. The van der Waals surface area contributed by atoms with Crippen molar-refractivity contribution >= 4 is 56.5 Å². The van der Waals surface area contributed by atoms with Crippen molar-refractivity contribution in [3.8, 4) is 11.5 Å². The van der Waals surface area contributed by atoms with E-state index < -0.39 is 26.4 Å². The zero-order valence-electron chi connectivity index (χ0n) is 14.3. The standard InChI is InChI=1S/C19H12Cl4O5S/c20-13-6-5-10(7-14(13)21)19(29(26,27)28,11-3-1-2-4-17(11)24)12-8-15(22)16(23)9-18(12)25/h1-9,24-25H,(H,26,27,28). The molecule has 3 rings (SSSR count). The topological polar surface area (TPSA) is 94.8 Å². The van der Waals surface area contributed by atoms with Gasteiger partial charge in [0.15, 0.2) is 4.75 Å². The first-order chi connectivity index (χ1) is 13.5. The van der Waals surface area contributed by atoms with Gasteiger partial charge < -0.3 is 10.2 Å². The van der Waals surface area contributed by atoms with Crippen molar-refractivity contribution in [3.05, 3.63) is 91.4 Å². The number of hydrogen-bond donors (Lipinski definition) is 3. The van der Waals surface area contributed by atoms with Gasteiger partial charge >= 0.3 is 0 Å². The third-order valence-corrected chi connectivity index (χ3v) is 7.32. The second-order valence-electron chi connectivity index (χ2n) is 6.09. The van der Waals surface area contributed by atoms with Crippen LogP contribution in [0.25, 0.3) is 0 Å². The molecule has 3 N–H and O–H groups in total. The highest BCUT2D eigenvalue weighted by atomic mass is 35.5. The number of halogens is 4. The van der Waals surface area contributed by atoms with Gasteiger partial charge in [-0.25, -0.2) is 0 Å². The summed E-state index contributed by atoms with van der Waals surface area (Å²) >= 11 is 24.1. The van der Waals surface area contributed by atoms with E-state index in [0.717, 1.165) is 12.1 Å². The zero-order valence-corrected chi connectivity index (χ0v) is 18.1. The maximum Gasteiger partial charge on any atom is 0.283 e. The summed E-state index contributed by atoms with van der Waals surface area (Å²) in [6.07, 6.45) is 0. The fourth-order valence-corrected chi connectivity index (χ4v) is 5.12. The smallest absolute Gasteiger partial charge is 0.283 e. The minimum Gasteiger partial charge on any atom is -0.508 e. The second kappa shape index (κ2) is 7.87. The summed E-state index contributed by atoms with van der Waals surface area (Å²) in [6, 6.07) is 11.4. The number of hydrogen-bond acceptors (Lipinski definition) is 4. The molecule has 152 valence electrons. The monoisotopic (exact) mass is 492 g/mol. The SMILES string of the molecule is O=S(=O)(O)C(c1ccc(Cl)c(Cl)c1)(c1ccccc1O)c1cc(Cl)c(Cl)cc1O. The summed E-state index contributed by atoms with van der Waals surface area (Å²) in [5, 5.41) is 21.1. The first kappa shape index (κ1) is 22.0. The second-order valence-corrected chi connectivity index (χ2v) is 9.28. The summed E-state index contributed by atoms with van der Waals surface area (Å²) in [5.74, 6) is -1.03.